The second-order valence-corrected chi connectivity index (χ2v) is 7.23. The summed E-state index contributed by atoms with van der Waals surface area (Å²) in [7, 11) is 0. The zero-order chi connectivity index (χ0) is 14.6. The van der Waals surface area contributed by atoms with Gasteiger partial charge in [-0.25, -0.2) is 0 Å². The van der Waals surface area contributed by atoms with Crippen LogP contribution in [0.25, 0.3) is 0 Å². The van der Waals surface area contributed by atoms with Crippen molar-refractivity contribution in [1.29, 1.82) is 0 Å². The van der Waals surface area contributed by atoms with Crippen molar-refractivity contribution in [3.05, 3.63) is 35.4 Å². The second-order valence-electron chi connectivity index (χ2n) is 7.23. The number of rotatable bonds is 5. The number of nitrogens with one attached hydrogen (secondary N) is 2. The Morgan fingerprint density at radius 2 is 2.00 bits per heavy atom. The quantitative estimate of drug-likeness (QED) is 0.859. The maximum atomic E-state index is 3.70. The Morgan fingerprint density at radius 1 is 1.25 bits per heavy atom. The molecule has 0 amide bonds. The Morgan fingerprint density at radius 3 is 2.75 bits per heavy atom. The van der Waals surface area contributed by atoms with E-state index in [1.165, 1.54) is 19.3 Å². The van der Waals surface area contributed by atoms with Gasteiger partial charge >= 0.3 is 0 Å². The van der Waals surface area contributed by atoms with E-state index in [9.17, 15) is 0 Å². The van der Waals surface area contributed by atoms with Crippen LogP contribution in [0.4, 0.5) is 0 Å². The molecule has 2 nitrogen and oxygen atoms in total. The molecule has 0 heterocycles. The fourth-order valence-corrected chi connectivity index (χ4v) is 2.94. The van der Waals surface area contributed by atoms with E-state index in [-0.39, 0.29) is 5.54 Å². The maximum Gasteiger partial charge on any atom is 0.0164 e. The van der Waals surface area contributed by atoms with Gasteiger partial charge in [-0.3, -0.25) is 0 Å². The Hall–Kier alpha value is -0.860. The third-order valence-electron chi connectivity index (χ3n) is 4.14. The van der Waals surface area contributed by atoms with Crippen molar-refractivity contribution in [2.24, 2.45) is 0 Å². The lowest BCUT2D eigenvalue weighted by atomic mass is 9.83. The van der Waals surface area contributed by atoms with Gasteiger partial charge in [0.1, 0.15) is 0 Å². The van der Waals surface area contributed by atoms with Crippen molar-refractivity contribution in [3.63, 3.8) is 0 Å². The number of fused-ring (bicyclic) bond motifs is 1. The summed E-state index contributed by atoms with van der Waals surface area (Å²) in [4.78, 5) is 0. The average molecular weight is 274 g/mol. The van der Waals surface area contributed by atoms with Crippen LogP contribution < -0.4 is 10.6 Å². The van der Waals surface area contributed by atoms with E-state index in [4.69, 9.17) is 0 Å². The highest BCUT2D eigenvalue weighted by Gasteiger charge is 2.20. The number of hydrogen-bond donors (Lipinski definition) is 2. The number of aryl methyl sites for hydroxylation is 1. The normalized spacial score (nSPS) is 20.5. The maximum absolute atomic E-state index is 3.70. The van der Waals surface area contributed by atoms with Gasteiger partial charge in [0.25, 0.3) is 0 Å². The van der Waals surface area contributed by atoms with E-state index < -0.39 is 0 Å². The molecule has 0 bridgehead atoms. The van der Waals surface area contributed by atoms with Crippen LogP contribution in [0.1, 0.15) is 57.6 Å². The molecule has 1 aliphatic rings. The predicted molar refractivity (Wildman–Crippen MR) is 87.3 cm³/mol. The molecule has 0 aromatic heterocycles. The summed E-state index contributed by atoms with van der Waals surface area (Å²) < 4.78 is 0. The van der Waals surface area contributed by atoms with Crippen molar-refractivity contribution in [3.8, 4) is 0 Å². The molecule has 1 aliphatic carbocycles. The molecule has 2 rings (SSSR count). The van der Waals surface area contributed by atoms with Crippen LogP contribution in [0.3, 0.4) is 0 Å². The molecule has 0 saturated heterocycles. The molecule has 112 valence electrons. The molecule has 0 saturated carbocycles. The van der Waals surface area contributed by atoms with Gasteiger partial charge in [-0.15, -0.1) is 0 Å². The molecule has 0 fully saturated rings. The molecule has 0 aliphatic heterocycles. The van der Waals surface area contributed by atoms with Crippen molar-refractivity contribution in [2.45, 2.75) is 64.5 Å². The van der Waals surface area contributed by atoms with Gasteiger partial charge < -0.3 is 10.6 Å². The Bertz CT molecular complexity index is 420. The molecule has 1 aromatic carbocycles. The minimum absolute atomic E-state index is 0.202. The third kappa shape index (κ3) is 4.60. The average Bonchev–Trinajstić information content (AvgIpc) is 2.42. The van der Waals surface area contributed by atoms with Crippen LogP contribution in [0.5, 0.6) is 0 Å². The Labute approximate surface area is 124 Å². The van der Waals surface area contributed by atoms with Crippen molar-refractivity contribution in [1.82, 2.24) is 10.6 Å². The first-order valence-electron chi connectivity index (χ1n) is 8.02. The summed E-state index contributed by atoms with van der Waals surface area (Å²) in [6.07, 6.45) is 3.91. The molecule has 0 spiro atoms. The molecular weight excluding hydrogens is 244 g/mol. The van der Waals surface area contributed by atoms with Gasteiger partial charge in [0.05, 0.1) is 0 Å². The molecular formula is C18H30N2. The SMILES string of the molecule is CC(CNC(C)(C)C)NCC1CCCc2ccccc21. The Kier molecular flexibility index (Phi) is 5.22. The van der Waals surface area contributed by atoms with Gasteiger partial charge in [-0.05, 0) is 64.0 Å². The number of benzene rings is 1. The van der Waals surface area contributed by atoms with E-state index >= 15 is 0 Å². The van der Waals surface area contributed by atoms with Gasteiger partial charge in [0.15, 0.2) is 0 Å². The fourth-order valence-electron chi connectivity index (χ4n) is 2.94. The summed E-state index contributed by atoms with van der Waals surface area (Å²) in [6.45, 7) is 11.1. The number of hydrogen-bond acceptors (Lipinski definition) is 2. The molecule has 2 unspecified atom stereocenters. The van der Waals surface area contributed by atoms with E-state index in [1.807, 2.05) is 0 Å². The minimum atomic E-state index is 0.202. The van der Waals surface area contributed by atoms with Crippen LogP contribution in [0, 0.1) is 0 Å². The lowest BCUT2D eigenvalue weighted by Gasteiger charge is -2.28. The first-order valence-corrected chi connectivity index (χ1v) is 8.02. The summed E-state index contributed by atoms with van der Waals surface area (Å²) in [5.41, 5.74) is 3.33. The summed E-state index contributed by atoms with van der Waals surface area (Å²) in [5.74, 6) is 0.692. The topological polar surface area (TPSA) is 24.1 Å². The molecule has 0 radical (unpaired) electrons. The molecule has 2 heteroatoms. The summed E-state index contributed by atoms with van der Waals surface area (Å²) >= 11 is 0. The lowest BCUT2D eigenvalue weighted by molar-refractivity contribution is 0.378. The minimum Gasteiger partial charge on any atom is -0.312 e. The van der Waals surface area contributed by atoms with Crippen LogP contribution in [-0.2, 0) is 6.42 Å². The van der Waals surface area contributed by atoms with Gasteiger partial charge in [-0.1, -0.05) is 24.3 Å². The molecule has 20 heavy (non-hydrogen) atoms. The zero-order valence-electron chi connectivity index (χ0n) is 13.5. The highest BCUT2D eigenvalue weighted by molar-refractivity contribution is 5.32. The van der Waals surface area contributed by atoms with Gasteiger partial charge in [0.2, 0.25) is 0 Å². The fraction of sp³-hybridized carbons (Fsp3) is 0.667. The zero-order valence-corrected chi connectivity index (χ0v) is 13.5. The van der Waals surface area contributed by atoms with E-state index in [2.05, 4.69) is 62.6 Å². The van der Waals surface area contributed by atoms with Gasteiger partial charge in [-0.2, -0.15) is 0 Å². The Balaban J connectivity index is 1.83. The predicted octanol–water partition coefficient (Wildman–Crippen LogP) is 3.47. The largest absolute Gasteiger partial charge is 0.312 e. The summed E-state index contributed by atoms with van der Waals surface area (Å²) in [6, 6.07) is 9.49. The smallest absolute Gasteiger partial charge is 0.0164 e. The van der Waals surface area contributed by atoms with Crippen LogP contribution in [0.2, 0.25) is 0 Å². The van der Waals surface area contributed by atoms with Gasteiger partial charge in [0, 0.05) is 24.7 Å². The molecule has 2 atom stereocenters. The second kappa shape index (κ2) is 6.73. The van der Waals surface area contributed by atoms with E-state index in [0.717, 1.165) is 13.1 Å². The van der Waals surface area contributed by atoms with Crippen LogP contribution in [0.15, 0.2) is 24.3 Å². The molecule has 2 N–H and O–H groups in total. The van der Waals surface area contributed by atoms with Crippen molar-refractivity contribution < 1.29 is 0 Å². The standard InChI is InChI=1S/C18H30N2/c1-14(12-20-18(2,3)4)19-13-16-10-7-9-15-8-5-6-11-17(15)16/h5-6,8,11,14,16,19-20H,7,9-10,12-13H2,1-4H3. The first kappa shape index (κ1) is 15.5. The molecule has 1 aromatic rings. The monoisotopic (exact) mass is 274 g/mol. The van der Waals surface area contributed by atoms with E-state index in [1.54, 1.807) is 11.1 Å². The highest BCUT2D eigenvalue weighted by Crippen LogP contribution is 2.30. The van der Waals surface area contributed by atoms with Crippen LogP contribution in [-0.4, -0.2) is 24.7 Å². The third-order valence-corrected chi connectivity index (χ3v) is 4.14. The summed E-state index contributed by atoms with van der Waals surface area (Å²) in [5, 5.41) is 7.27. The van der Waals surface area contributed by atoms with Crippen molar-refractivity contribution in [2.75, 3.05) is 13.1 Å². The van der Waals surface area contributed by atoms with Crippen LogP contribution >= 0.6 is 0 Å². The lowest BCUT2D eigenvalue weighted by Crippen LogP contribution is -2.45. The first-order chi connectivity index (χ1) is 9.46. The van der Waals surface area contributed by atoms with Crippen molar-refractivity contribution >= 4 is 0 Å². The van der Waals surface area contributed by atoms with E-state index in [0.29, 0.717) is 12.0 Å². The highest BCUT2D eigenvalue weighted by atomic mass is 15.0.